The molecule has 14 heavy (non-hydrogen) atoms. The first kappa shape index (κ1) is 14.0. The van der Waals surface area contributed by atoms with Gasteiger partial charge < -0.3 is 4.74 Å². The fourth-order valence-electron chi connectivity index (χ4n) is 0.746. The Labute approximate surface area is 98.9 Å². The zero-order chi connectivity index (χ0) is 11.0. The van der Waals surface area contributed by atoms with E-state index in [1.54, 1.807) is 0 Å². The average Bonchev–Trinajstić information content (AvgIpc) is 2.20. The van der Waals surface area contributed by atoms with E-state index in [2.05, 4.69) is 19.7 Å². The molecule has 0 N–H and O–H groups in total. The summed E-state index contributed by atoms with van der Waals surface area (Å²) in [5.41, 5.74) is 0. The van der Waals surface area contributed by atoms with Crippen molar-refractivity contribution in [2.24, 2.45) is 0 Å². The molecule has 1 aromatic rings. The van der Waals surface area contributed by atoms with Crippen molar-refractivity contribution in [2.75, 3.05) is 6.61 Å². The molecule has 0 amide bonds. The average molecular weight is 316 g/mol. The number of hydrogen-bond donors (Lipinski definition) is 0. The van der Waals surface area contributed by atoms with Crippen LogP contribution in [0.2, 0.25) is 0 Å². The first-order valence-electron chi connectivity index (χ1n) is 4.00. The molecular formula is C9H9BrF2OZn. The van der Waals surface area contributed by atoms with Crippen molar-refractivity contribution >= 4 is 13.6 Å². The van der Waals surface area contributed by atoms with Crippen molar-refractivity contribution in [2.45, 2.75) is 13.3 Å². The molecule has 1 aromatic carbocycles. The van der Waals surface area contributed by atoms with Gasteiger partial charge in [-0.2, -0.15) is 0 Å². The van der Waals surface area contributed by atoms with Crippen LogP contribution in [-0.4, -0.2) is 6.61 Å². The van der Waals surface area contributed by atoms with Crippen LogP contribution in [0.4, 0.5) is 8.78 Å². The van der Waals surface area contributed by atoms with Crippen molar-refractivity contribution in [1.29, 1.82) is 0 Å². The molecule has 0 fully saturated rings. The molecule has 0 saturated carbocycles. The standard InChI is InChI=1S/C9H9F2O.BrH.Zn/c1-2-5-12-9-4-3-7(10)6-8(9)11;;/h3,6H,2,5H2,1H3;1H;/q-1;;+2/p-1. The van der Waals surface area contributed by atoms with Crippen molar-refractivity contribution in [3.8, 4) is 5.75 Å². The molecule has 1 nitrogen and oxygen atoms in total. The number of halogens is 3. The van der Waals surface area contributed by atoms with Crippen molar-refractivity contribution in [3.63, 3.8) is 0 Å². The van der Waals surface area contributed by atoms with Gasteiger partial charge in [0.2, 0.25) is 0 Å². The predicted octanol–water partition coefficient (Wildman–Crippen LogP) is 3.40. The predicted molar refractivity (Wildman–Crippen MR) is 49.9 cm³/mol. The second-order valence-electron chi connectivity index (χ2n) is 2.34. The Morgan fingerprint density at radius 2 is 2.14 bits per heavy atom. The van der Waals surface area contributed by atoms with Crippen molar-refractivity contribution in [1.82, 2.24) is 0 Å². The molecule has 74 valence electrons. The van der Waals surface area contributed by atoms with Crippen LogP contribution in [0.5, 0.6) is 5.75 Å². The molecule has 1 rings (SSSR count). The van der Waals surface area contributed by atoms with Gasteiger partial charge >= 0.3 is 30.0 Å². The molecule has 5 heteroatoms. The minimum atomic E-state index is -0.705. The maximum absolute atomic E-state index is 12.8. The number of ether oxygens (including phenoxy) is 1. The van der Waals surface area contributed by atoms with Gasteiger partial charge in [-0.05, 0) is 6.42 Å². The summed E-state index contributed by atoms with van der Waals surface area (Å²) in [6.45, 7) is 2.32. The summed E-state index contributed by atoms with van der Waals surface area (Å²) in [6.07, 6.45) is 0.782. The summed E-state index contributed by atoms with van der Waals surface area (Å²) < 4.78 is 30.1. The molecule has 0 heterocycles. The summed E-state index contributed by atoms with van der Waals surface area (Å²) in [7, 11) is 0. The third-order valence-corrected chi connectivity index (χ3v) is 1.27. The van der Waals surface area contributed by atoms with Crippen molar-refractivity contribution < 1.29 is 29.9 Å². The second kappa shape index (κ2) is 8.30. The van der Waals surface area contributed by atoms with Crippen LogP contribution in [0.25, 0.3) is 0 Å². The van der Waals surface area contributed by atoms with Gasteiger partial charge in [-0.3, -0.25) is 8.78 Å². The SMILES string of the molecule is CCCOc1[c-]cc(F)cc1F.[Zn+][Br]. The van der Waals surface area contributed by atoms with E-state index in [1.807, 2.05) is 6.92 Å². The zero-order valence-electron chi connectivity index (χ0n) is 7.82. The van der Waals surface area contributed by atoms with Crippen LogP contribution < -0.4 is 4.74 Å². The fourth-order valence-corrected chi connectivity index (χ4v) is 0.746. The summed E-state index contributed by atoms with van der Waals surface area (Å²) >= 11 is 4.25. The summed E-state index contributed by atoms with van der Waals surface area (Å²) in [5.74, 6) is -1.36. The van der Waals surface area contributed by atoms with Gasteiger partial charge in [-0.25, -0.2) is 0 Å². The van der Waals surface area contributed by atoms with Gasteiger partial charge in [0.1, 0.15) is 0 Å². The number of hydrogen-bond acceptors (Lipinski definition) is 1. The summed E-state index contributed by atoms with van der Waals surface area (Å²) in [5, 5.41) is 0. The first-order valence-corrected chi connectivity index (χ1v) is 10.9. The van der Waals surface area contributed by atoms with E-state index < -0.39 is 11.6 Å². The van der Waals surface area contributed by atoms with E-state index in [4.69, 9.17) is 4.74 Å². The van der Waals surface area contributed by atoms with E-state index in [1.165, 1.54) is 16.3 Å². The van der Waals surface area contributed by atoms with Gasteiger partial charge in [0.25, 0.3) is 0 Å². The first-order chi connectivity index (χ1) is 6.74. The summed E-state index contributed by atoms with van der Waals surface area (Å²) in [4.78, 5) is 0. The van der Waals surface area contributed by atoms with Crippen LogP contribution >= 0.6 is 13.6 Å². The second-order valence-corrected chi connectivity index (χ2v) is 2.34. The normalized spacial score (nSPS) is 9.00. The molecule has 0 bridgehead atoms. The van der Waals surface area contributed by atoms with Crippen LogP contribution in [0.15, 0.2) is 12.1 Å². The Morgan fingerprint density at radius 3 is 2.64 bits per heavy atom. The summed E-state index contributed by atoms with van der Waals surface area (Å²) in [6, 6.07) is 4.20. The van der Waals surface area contributed by atoms with Gasteiger partial charge in [0.05, 0.1) is 12.4 Å². The molecule has 0 aliphatic heterocycles. The quantitative estimate of drug-likeness (QED) is 0.613. The molecule has 0 unspecified atom stereocenters. The minimum absolute atomic E-state index is 0.0155. The van der Waals surface area contributed by atoms with E-state index in [-0.39, 0.29) is 5.75 Å². The molecule has 0 aliphatic carbocycles. The number of rotatable bonds is 3. The van der Waals surface area contributed by atoms with E-state index in [9.17, 15) is 8.78 Å². The maximum atomic E-state index is 12.8. The topological polar surface area (TPSA) is 9.23 Å². The van der Waals surface area contributed by atoms with E-state index in [0.29, 0.717) is 6.61 Å². The van der Waals surface area contributed by atoms with Gasteiger partial charge in [-0.1, -0.05) is 13.0 Å². The molecule has 0 aliphatic rings. The van der Waals surface area contributed by atoms with Crippen LogP contribution in [-0.2, 0) is 16.3 Å². The van der Waals surface area contributed by atoms with Crippen LogP contribution in [0, 0.1) is 17.7 Å². The zero-order valence-corrected chi connectivity index (χ0v) is 12.4. The van der Waals surface area contributed by atoms with E-state index >= 15 is 0 Å². The fraction of sp³-hybridized carbons (Fsp3) is 0.333. The van der Waals surface area contributed by atoms with Gasteiger partial charge in [0, 0.05) is 11.6 Å². The van der Waals surface area contributed by atoms with Gasteiger partial charge in [-0.15, -0.1) is 12.1 Å². The Bertz CT molecular complexity index is 271. The van der Waals surface area contributed by atoms with Crippen LogP contribution in [0.1, 0.15) is 13.3 Å². The van der Waals surface area contributed by atoms with Gasteiger partial charge in [0.15, 0.2) is 0 Å². The third kappa shape index (κ3) is 5.01. The Hall–Kier alpha value is -0.0166. The molecule has 0 atom stereocenters. The number of benzene rings is 1. The van der Waals surface area contributed by atoms with Crippen LogP contribution in [0.3, 0.4) is 0 Å². The third-order valence-electron chi connectivity index (χ3n) is 1.27. The van der Waals surface area contributed by atoms with E-state index in [0.717, 1.165) is 18.6 Å². The molecule has 0 saturated heterocycles. The molecular weight excluding hydrogens is 307 g/mol. The Kier molecular flexibility index (Phi) is 8.29. The molecule has 0 spiro atoms. The Balaban J connectivity index is 0.000000791. The molecule has 0 radical (unpaired) electrons. The molecule has 0 aromatic heterocycles. The Morgan fingerprint density at radius 1 is 1.50 bits per heavy atom. The van der Waals surface area contributed by atoms with Crippen molar-refractivity contribution in [3.05, 3.63) is 29.8 Å². The monoisotopic (exact) mass is 314 g/mol.